The Morgan fingerprint density at radius 1 is 1.47 bits per heavy atom. The van der Waals surface area contributed by atoms with Gasteiger partial charge in [0.25, 0.3) is 0 Å². The second kappa shape index (κ2) is 3.45. The van der Waals surface area contributed by atoms with Gasteiger partial charge in [0, 0.05) is 6.20 Å². The van der Waals surface area contributed by atoms with Gasteiger partial charge >= 0.3 is 5.97 Å². The minimum atomic E-state index is -1.10. The molecule has 15 heavy (non-hydrogen) atoms. The number of fused-ring (bicyclic) bond motifs is 1. The van der Waals surface area contributed by atoms with Crippen molar-refractivity contribution in [1.82, 2.24) is 9.97 Å². The predicted molar refractivity (Wildman–Crippen MR) is 55.9 cm³/mol. The quantitative estimate of drug-likeness (QED) is 0.633. The smallest absolute Gasteiger partial charge is 0.340 e. The number of imidazole rings is 1. The van der Waals surface area contributed by atoms with E-state index < -0.39 is 5.97 Å². The zero-order valence-corrected chi connectivity index (χ0v) is 7.77. The number of aromatic amines is 1. The van der Waals surface area contributed by atoms with Gasteiger partial charge in [-0.15, -0.1) is 0 Å². The average Bonchev–Trinajstić information content (AvgIpc) is 2.61. The summed E-state index contributed by atoms with van der Waals surface area (Å²) in [6, 6.07) is 7.30. The molecule has 2 rings (SSSR count). The number of benzene rings is 1. The number of nitrogens with two attached hydrogens (primary N) is 1. The van der Waals surface area contributed by atoms with Crippen LogP contribution in [-0.2, 0) is 4.79 Å². The van der Waals surface area contributed by atoms with Crippen molar-refractivity contribution < 1.29 is 9.90 Å². The Morgan fingerprint density at radius 2 is 2.20 bits per heavy atom. The number of aliphatic carboxylic acids is 1. The third-order valence-corrected chi connectivity index (χ3v) is 2.04. The SMILES string of the molecule is N/C=C(/C(=O)O)c1nc2ccccc2[nH]1. The van der Waals surface area contributed by atoms with Crippen molar-refractivity contribution >= 4 is 22.6 Å². The number of hydrogen-bond acceptors (Lipinski definition) is 3. The Labute approximate surface area is 85.2 Å². The largest absolute Gasteiger partial charge is 0.478 e. The molecule has 5 heteroatoms. The first-order valence-corrected chi connectivity index (χ1v) is 4.32. The van der Waals surface area contributed by atoms with Gasteiger partial charge in [-0.3, -0.25) is 0 Å². The van der Waals surface area contributed by atoms with E-state index in [1.54, 1.807) is 6.07 Å². The standard InChI is InChI=1S/C10H9N3O2/c11-5-6(10(14)15)9-12-7-3-1-2-4-8(7)13-9/h1-5H,11H2,(H,12,13)(H,14,15)/b6-5+. The number of hydrogen-bond donors (Lipinski definition) is 3. The van der Waals surface area contributed by atoms with E-state index in [-0.39, 0.29) is 11.4 Å². The highest BCUT2D eigenvalue weighted by Crippen LogP contribution is 2.15. The molecule has 0 fully saturated rings. The number of aromatic nitrogens is 2. The second-order valence-corrected chi connectivity index (χ2v) is 2.99. The molecule has 0 radical (unpaired) electrons. The Balaban J connectivity index is 2.58. The maximum absolute atomic E-state index is 10.8. The van der Waals surface area contributed by atoms with Crippen LogP contribution < -0.4 is 5.73 Å². The molecule has 1 heterocycles. The van der Waals surface area contributed by atoms with Crippen LogP contribution in [0.4, 0.5) is 0 Å². The molecule has 0 aliphatic heterocycles. The van der Waals surface area contributed by atoms with Crippen LogP contribution in [0.15, 0.2) is 30.5 Å². The van der Waals surface area contributed by atoms with Gasteiger partial charge in [-0.1, -0.05) is 12.1 Å². The summed E-state index contributed by atoms with van der Waals surface area (Å²) in [6.45, 7) is 0. The molecule has 0 saturated carbocycles. The van der Waals surface area contributed by atoms with E-state index in [9.17, 15) is 4.79 Å². The van der Waals surface area contributed by atoms with E-state index in [0.29, 0.717) is 5.52 Å². The van der Waals surface area contributed by atoms with Crippen LogP contribution in [0, 0.1) is 0 Å². The van der Waals surface area contributed by atoms with Gasteiger partial charge in [0.15, 0.2) is 0 Å². The number of carboxylic acid groups (broad SMARTS) is 1. The van der Waals surface area contributed by atoms with Gasteiger partial charge in [0.1, 0.15) is 11.4 Å². The Morgan fingerprint density at radius 3 is 2.80 bits per heavy atom. The monoisotopic (exact) mass is 203 g/mol. The zero-order chi connectivity index (χ0) is 10.8. The van der Waals surface area contributed by atoms with Crippen LogP contribution in [0.1, 0.15) is 5.82 Å². The fourth-order valence-electron chi connectivity index (χ4n) is 1.33. The summed E-state index contributed by atoms with van der Waals surface area (Å²) in [5.74, 6) is -0.831. The normalized spacial score (nSPS) is 11.9. The zero-order valence-electron chi connectivity index (χ0n) is 7.77. The first-order chi connectivity index (χ1) is 7.22. The second-order valence-electron chi connectivity index (χ2n) is 2.99. The lowest BCUT2D eigenvalue weighted by Crippen LogP contribution is -2.03. The summed E-state index contributed by atoms with van der Waals surface area (Å²) in [7, 11) is 0. The van der Waals surface area contributed by atoms with E-state index in [0.717, 1.165) is 11.7 Å². The van der Waals surface area contributed by atoms with Gasteiger partial charge < -0.3 is 15.8 Å². The number of para-hydroxylation sites is 2. The molecule has 1 aromatic heterocycles. The first-order valence-electron chi connectivity index (χ1n) is 4.32. The molecular formula is C10H9N3O2. The molecule has 0 spiro atoms. The van der Waals surface area contributed by atoms with Gasteiger partial charge in [-0.2, -0.15) is 0 Å². The van der Waals surface area contributed by atoms with E-state index in [4.69, 9.17) is 10.8 Å². The topological polar surface area (TPSA) is 92.0 Å². The molecule has 1 aromatic carbocycles. The predicted octanol–water partition coefficient (Wildman–Crippen LogP) is 0.947. The van der Waals surface area contributed by atoms with Gasteiger partial charge in [0.05, 0.1) is 11.0 Å². The van der Waals surface area contributed by atoms with E-state index >= 15 is 0 Å². The lowest BCUT2D eigenvalue weighted by Gasteiger charge is -1.94. The van der Waals surface area contributed by atoms with Crippen LogP contribution in [-0.4, -0.2) is 21.0 Å². The third-order valence-electron chi connectivity index (χ3n) is 2.04. The average molecular weight is 203 g/mol. The molecule has 0 amide bonds. The first kappa shape index (κ1) is 9.26. The Kier molecular flexibility index (Phi) is 2.13. The third kappa shape index (κ3) is 1.54. The highest BCUT2D eigenvalue weighted by atomic mass is 16.4. The van der Waals surface area contributed by atoms with Gasteiger partial charge in [0.2, 0.25) is 0 Å². The molecular weight excluding hydrogens is 194 g/mol. The fourth-order valence-corrected chi connectivity index (χ4v) is 1.33. The Bertz CT molecular complexity index is 509. The van der Waals surface area contributed by atoms with Crippen molar-refractivity contribution in [2.45, 2.75) is 0 Å². The van der Waals surface area contributed by atoms with E-state index in [1.165, 1.54) is 0 Å². The van der Waals surface area contributed by atoms with Crippen LogP contribution in [0.25, 0.3) is 16.6 Å². The van der Waals surface area contributed by atoms with Gasteiger partial charge in [-0.25, -0.2) is 9.78 Å². The molecule has 5 nitrogen and oxygen atoms in total. The molecule has 0 unspecified atom stereocenters. The number of nitrogens with one attached hydrogen (secondary N) is 1. The molecule has 0 aliphatic carbocycles. The van der Waals surface area contributed by atoms with Crippen molar-refractivity contribution in [3.8, 4) is 0 Å². The van der Waals surface area contributed by atoms with Crippen molar-refractivity contribution in [1.29, 1.82) is 0 Å². The van der Waals surface area contributed by atoms with Crippen molar-refractivity contribution in [2.75, 3.05) is 0 Å². The van der Waals surface area contributed by atoms with E-state index in [2.05, 4.69) is 9.97 Å². The van der Waals surface area contributed by atoms with Crippen LogP contribution in [0.5, 0.6) is 0 Å². The van der Waals surface area contributed by atoms with Crippen LogP contribution in [0.2, 0.25) is 0 Å². The van der Waals surface area contributed by atoms with Crippen molar-refractivity contribution in [3.63, 3.8) is 0 Å². The van der Waals surface area contributed by atoms with Crippen molar-refractivity contribution in [2.24, 2.45) is 5.73 Å². The van der Waals surface area contributed by atoms with Crippen LogP contribution in [0.3, 0.4) is 0 Å². The molecule has 0 bridgehead atoms. The lowest BCUT2D eigenvalue weighted by molar-refractivity contribution is -0.130. The highest BCUT2D eigenvalue weighted by Gasteiger charge is 2.13. The number of nitrogens with zero attached hydrogens (tertiary/aromatic N) is 1. The summed E-state index contributed by atoms with van der Waals surface area (Å²) < 4.78 is 0. The van der Waals surface area contributed by atoms with Crippen molar-refractivity contribution in [3.05, 3.63) is 36.3 Å². The fraction of sp³-hybridized carbons (Fsp3) is 0. The highest BCUT2D eigenvalue weighted by molar-refractivity contribution is 6.14. The Hall–Kier alpha value is -2.30. The number of H-pyrrole nitrogens is 1. The summed E-state index contributed by atoms with van der Waals surface area (Å²) >= 11 is 0. The minimum absolute atomic E-state index is 0.0359. The van der Waals surface area contributed by atoms with E-state index in [1.807, 2.05) is 18.2 Å². The molecule has 0 saturated heterocycles. The van der Waals surface area contributed by atoms with Crippen LogP contribution >= 0.6 is 0 Å². The number of carboxylic acids is 1. The number of rotatable bonds is 2. The lowest BCUT2D eigenvalue weighted by atomic mass is 10.3. The summed E-state index contributed by atoms with van der Waals surface area (Å²) in [6.07, 6.45) is 1.03. The molecule has 2 aromatic rings. The maximum Gasteiger partial charge on any atom is 0.340 e. The molecule has 76 valence electrons. The molecule has 0 aliphatic rings. The molecule has 4 N–H and O–H groups in total. The maximum atomic E-state index is 10.8. The number of carbonyl (C=O) groups is 1. The summed E-state index contributed by atoms with van der Waals surface area (Å²) in [4.78, 5) is 17.8. The summed E-state index contributed by atoms with van der Waals surface area (Å²) in [5, 5.41) is 8.84. The summed E-state index contributed by atoms with van der Waals surface area (Å²) in [5.41, 5.74) is 6.69. The molecule has 0 atom stereocenters. The van der Waals surface area contributed by atoms with Gasteiger partial charge in [-0.05, 0) is 12.1 Å². The minimum Gasteiger partial charge on any atom is -0.478 e.